The average Bonchev–Trinajstić information content (AvgIpc) is 2.47. The molecule has 4 unspecified atom stereocenters. The molecule has 122 valence electrons. The molecule has 1 heterocycles. The fraction of sp³-hybridized carbons (Fsp3) is 0.941. The monoisotopic (exact) mass is 295 g/mol. The highest BCUT2D eigenvalue weighted by atomic mass is 16.1. The maximum atomic E-state index is 12.3. The van der Waals surface area contributed by atoms with Crippen molar-refractivity contribution in [3.05, 3.63) is 0 Å². The molecule has 4 heteroatoms. The molecular weight excluding hydrogens is 262 g/mol. The second-order valence-corrected chi connectivity index (χ2v) is 7.18. The maximum Gasteiger partial charge on any atom is 0.223 e. The number of hydrogen-bond acceptors (Lipinski definition) is 3. The minimum Gasteiger partial charge on any atom is -0.356 e. The minimum atomic E-state index is 0.127. The normalized spacial score (nSPS) is 34.6. The van der Waals surface area contributed by atoms with Crippen molar-refractivity contribution in [1.82, 2.24) is 10.2 Å². The van der Waals surface area contributed by atoms with Gasteiger partial charge in [0.1, 0.15) is 0 Å². The zero-order valence-electron chi connectivity index (χ0n) is 13.8. The van der Waals surface area contributed by atoms with E-state index >= 15 is 0 Å². The number of nitrogens with two attached hydrogens (primary N) is 1. The lowest BCUT2D eigenvalue weighted by Gasteiger charge is -2.33. The molecule has 0 bridgehead atoms. The summed E-state index contributed by atoms with van der Waals surface area (Å²) in [6.07, 6.45) is 8.09. The van der Waals surface area contributed by atoms with E-state index in [9.17, 15) is 4.79 Å². The molecule has 3 N–H and O–H groups in total. The molecule has 2 aliphatic rings. The Morgan fingerprint density at radius 1 is 1.24 bits per heavy atom. The van der Waals surface area contributed by atoms with Crippen LogP contribution in [0, 0.1) is 11.8 Å². The van der Waals surface area contributed by atoms with Crippen molar-refractivity contribution >= 4 is 5.91 Å². The molecule has 2 rings (SSSR count). The first-order valence-electron chi connectivity index (χ1n) is 8.85. The predicted octanol–water partition coefficient (Wildman–Crippen LogP) is 2.13. The molecule has 0 spiro atoms. The van der Waals surface area contributed by atoms with Gasteiger partial charge >= 0.3 is 0 Å². The van der Waals surface area contributed by atoms with Crippen LogP contribution in [0.25, 0.3) is 0 Å². The molecule has 1 amide bonds. The third-order valence-electron chi connectivity index (χ3n) is 5.44. The Morgan fingerprint density at radius 3 is 2.81 bits per heavy atom. The van der Waals surface area contributed by atoms with E-state index in [4.69, 9.17) is 5.73 Å². The van der Waals surface area contributed by atoms with Gasteiger partial charge < -0.3 is 16.0 Å². The number of nitrogens with zero attached hydrogens (tertiary/aromatic N) is 1. The van der Waals surface area contributed by atoms with Crippen LogP contribution in [0.4, 0.5) is 0 Å². The summed E-state index contributed by atoms with van der Waals surface area (Å²) in [6.45, 7) is 7.65. The predicted molar refractivity (Wildman–Crippen MR) is 87.0 cm³/mol. The molecule has 0 aromatic heterocycles. The first-order chi connectivity index (χ1) is 10.1. The van der Waals surface area contributed by atoms with E-state index in [2.05, 4.69) is 24.1 Å². The van der Waals surface area contributed by atoms with Crippen LogP contribution in [0.15, 0.2) is 0 Å². The van der Waals surface area contributed by atoms with Crippen molar-refractivity contribution in [1.29, 1.82) is 0 Å². The minimum absolute atomic E-state index is 0.127. The van der Waals surface area contributed by atoms with Crippen LogP contribution in [0.3, 0.4) is 0 Å². The summed E-state index contributed by atoms with van der Waals surface area (Å²) >= 11 is 0. The third kappa shape index (κ3) is 4.96. The number of piperidine rings is 1. The van der Waals surface area contributed by atoms with Crippen LogP contribution in [0.5, 0.6) is 0 Å². The number of likely N-dealkylation sites (tertiary alicyclic amines) is 1. The Bertz CT molecular complexity index is 334. The van der Waals surface area contributed by atoms with Crippen LogP contribution in [0.1, 0.15) is 58.8 Å². The zero-order valence-corrected chi connectivity index (χ0v) is 13.8. The summed E-state index contributed by atoms with van der Waals surface area (Å²) in [7, 11) is 0. The van der Waals surface area contributed by atoms with Crippen molar-refractivity contribution in [3.63, 3.8) is 0 Å². The van der Waals surface area contributed by atoms with Crippen LogP contribution in [-0.4, -0.2) is 42.5 Å². The lowest BCUT2D eigenvalue weighted by molar-refractivity contribution is -0.127. The van der Waals surface area contributed by atoms with Crippen molar-refractivity contribution in [2.75, 3.05) is 19.6 Å². The molecule has 1 aliphatic carbocycles. The highest BCUT2D eigenvalue weighted by Gasteiger charge is 2.31. The largest absolute Gasteiger partial charge is 0.356 e. The van der Waals surface area contributed by atoms with Crippen molar-refractivity contribution in [2.24, 2.45) is 17.6 Å². The van der Waals surface area contributed by atoms with Gasteiger partial charge in [-0.2, -0.15) is 0 Å². The van der Waals surface area contributed by atoms with E-state index in [1.807, 2.05) is 0 Å². The van der Waals surface area contributed by atoms with Gasteiger partial charge in [0.2, 0.25) is 5.91 Å². The lowest BCUT2D eigenvalue weighted by atomic mass is 9.78. The summed E-state index contributed by atoms with van der Waals surface area (Å²) in [5, 5.41) is 3.14. The lowest BCUT2D eigenvalue weighted by Crippen LogP contribution is -2.43. The second kappa shape index (κ2) is 8.14. The molecule has 4 atom stereocenters. The highest BCUT2D eigenvalue weighted by Crippen LogP contribution is 2.29. The van der Waals surface area contributed by atoms with Gasteiger partial charge in [-0.15, -0.1) is 0 Å². The zero-order chi connectivity index (χ0) is 15.2. The Morgan fingerprint density at radius 2 is 2.05 bits per heavy atom. The number of rotatable bonds is 5. The first-order valence-corrected chi connectivity index (χ1v) is 8.85. The van der Waals surface area contributed by atoms with Gasteiger partial charge in [0.05, 0.1) is 0 Å². The Hall–Kier alpha value is -0.610. The van der Waals surface area contributed by atoms with E-state index in [0.717, 1.165) is 38.8 Å². The number of carbonyl (C=O) groups excluding carboxylic acids is 1. The van der Waals surface area contributed by atoms with E-state index in [1.54, 1.807) is 0 Å². The fourth-order valence-electron chi connectivity index (χ4n) is 3.83. The first kappa shape index (κ1) is 16.8. The summed E-state index contributed by atoms with van der Waals surface area (Å²) < 4.78 is 0. The second-order valence-electron chi connectivity index (χ2n) is 7.18. The van der Waals surface area contributed by atoms with E-state index in [0.29, 0.717) is 12.0 Å². The topological polar surface area (TPSA) is 58.4 Å². The molecule has 0 radical (unpaired) electrons. The van der Waals surface area contributed by atoms with Gasteiger partial charge in [0.25, 0.3) is 0 Å². The van der Waals surface area contributed by atoms with E-state index in [-0.39, 0.29) is 17.9 Å². The Kier molecular flexibility index (Phi) is 6.49. The van der Waals surface area contributed by atoms with Crippen molar-refractivity contribution in [3.8, 4) is 0 Å². The number of hydrogen-bond donors (Lipinski definition) is 2. The van der Waals surface area contributed by atoms with Crippen LogP contribution in [-0.2, 0) is 4.79 Å². The molecule has 1 saturated heterocycles. The molecular formula is C17H33N3O. The molecule has 0 aromatic rings. The fourth-order valence-corrected chi connectivity index (χ4v) is 3.83. The highest BCUT2D eigenvalue weighted by molar-refractivity contribution is 5.79. The summed E-state index contributed by atoms with van der Waals surface area (Å²) in [4.78, 5) is 14.9. The van der Waals surface area contributed by atoms with Crippen molar-refractivity contribution < 1.29 is 4.79 Å². The van der Waals surface area contributed by atoms with Gasteiger partial charge in [-0.1, -0.05) is 13.3 Å². The smallest absolute Gasteiger partial charge is 0.223 e. The van der Waals surface area contributed by atoms with Crippen LogP contribution >= 0.6 is 0 Å². The SMILES string of the molecule is CC1CCC(N)CC1C(=O)NCCCN1CCCCC1C. The van der Waals surface area contributed by atoms with Crippen molar-refractivity contribution in [2.45, 2.75) is 70.9 Å². The van der Waals surface area contributed by atoms with Gasteiger partial charge in [-0.05, 0) is 57.9 Å². The molecule has 2 fully saturated rings. The summed E-state index contributed by atoms with van der Waals surface area (Å²) in [6, 6.07) is 0.928. The average molecular weight is 295 g/mol. The van der Waals surface area contributed by atoms with Gasteiger partial charge in [0, 0.05) is 31.1 Å². The Labute approximate surface area is 129 Å². The molecule has 1 saturated carbocycles. The standard InChI is InChI=1S/C17H33N3O/c1-13-7-8-15(18)12-16(13)17(21)19-9-5-11-20-10-4-3-6-14(20)2/h13-16H,3-12,18H2,1-2H3,(H,19,21). The molecule has 1 aliphatic heterocycles. The number of carbonyl (C=O) groups is 1. The van der Waals surface area contributed by atoms with E-state index in [1.165, 1.54) is 25.8 Å². The quantitative estimate of drug-likeness (QED) is 0.764. The van der Waals surface area contributed by atoms with Gasteiger partial charge in [0.15, 0.2) is 0 Å². The molecule has 21 heavy (non-hydrogen) atoms. The van der Waals surface area contributed by atoms with Crippen LogP contribution < -0.4 is 11.1 Å². The molecule has 4 nitrogen and oxygen atoms in total. The summed E-state index contributed by atoms with van der Waals surface area (Å²) in [5.74, 6) is 0.832. The van der Waals surface area contributed by atoms with E-state index < -0.39 is 0 Å². The van der Waals surface area contributed by atoms with Crippen LogP contribution in [0.2, 0.25) is 0 Å². The summed E-state index contributed by atoms with van der Waals surface area (Å²) in [5.41, 5.74) is 6.01. The third-order valence-corrected chi connectivity index (χ3v) is 5.44. The number of nitrogens with one attached hydrogen (secondary N) is 1. The van der Waals surface area contributed by atoms with Gasteiger partial charge in [-0.3, -0.25) is 4.79 Å². The molecule has 0 aromatic carbocycles. The maximum absolute atomic E-state index is 12.3. The Balaban J connectivity index is 1.64. The van der Waals surface area contributed by atoms with Gasteiger partial charge in [-0.25, -0.2) is 0 Å². The number of amides is 1.